The number of amides is 1. The highest BCUT2D eigenvalue weighted by atomic mass is 31.2. The molecule has 0 aliphatic carbocycles. The van der Waals surface area contributed by atoms with Gasteiger partial charge in [0.1, 0.15) is 17.8 Å². The molecule has 122 valence electrons. The van der Waals surface area contributed by atoms with Crippen LogP contribution in [0, 0.1) is 0 Å². The van der Waals surface area contributed by atoms with Crippen LogP contribution in [-0.4, -0.2) is 45.9 Å². The molecule has 0 spiro atoms. The van der Waals surface area contributed by atoms with E-state index in [2.05, 4.69) is 4.52 Å². The minimum atomic E-state index is -4.97. The standard InChI is InChI=1S/C11H15N2O8P/c12-10(16)6-2-1-3-13(4-6)11-9(15)8(14)7(21-11)5-20-22(17,18)19/h1-4,7-9,11,14-15H,5H2,(H3-,12,16,17,18,19)/t7-,8?,9+,11-/m0/s1. The van der Waals surface area contributed by atoms with Crippen LogP contribution in [0.5, 0.6) is 0 Å². The second kappa shape index (κ2) is 6.39. The average Bonchev–Trinajstić information content (AvgIpc) is 2.72. The van der Waals surface area contributed by atoms with E-state index in [1.807, 2.05) is 0 Å². The smallest absolute Gasteiger partial charge is 0.292 e. The van der Waals surface area contributed by atoms with Crippen molar-refractivity contribution in [1.82, 2.24) is 0 Å². The van der Waals surface area contributed by atoms with Crippen molar-refractivity contribution in [1.29, 1.82) is 0 Å². The fourth-order valence-corrected chi connectivity index (χ4v) is 2.41. The molecular formula is C11H15N2O8P. The van der Waals surface area contributed by atoms with Gasteiger partial charge in [-0.2, -0.15) is 4.57 Å². The van der Waals surface area contributed by atoms with E-state index in [1.54, 1.807) is 0 Å². The van der Waals surface area contributed by atoms with Gasteiger partial charge in [-0.15, -0.1) is 0 Å². The van der Waals surface area contributed by atoms with Crippen molar-refractivity contribution in [3.05, 3.63) is 30.1 Å². The van der Waals surface area contributed by atoms with Gasteiger partial charge in [-0.05, 0) is 6.07 Å². The summed E-state index contributed by atoms with van der Waals surface area (Å²) in [4.78, 5) is 30.2. The highest BCUT2D eigenvalue weighted by Crippen LogP contribution is 2.33. The van der Waals surface area contributed by atoms with Crippen LogP contribution in [0.3, 0.4) is 0 Å². The monoisotopic (exact) mass is 334 g/mol. The number of hydrogen-bond donors (Lipinski definition) is 4. The van der Waals surface area contributed by atoms with Crippen molar-refractivity contribution in [3.63, 3.8) is 0 Å². The van der Waals surface area contributed by atoms with Crippen LogP contribution in [0.15, 0.2) is 24.5 Å². The van der Waals surface area contributed by atoms with Crippen molar-refractivity contribution >= 4 is 13.7 Å². The molecule has 5 N–H and O–H groups in total. The summed E-state index contributed by atoms with van der Waals surface area (Å²) in [6, 6.07) is 2.95. The molecule has 1 aromatic rings. The van der Waals surface area contributed by atoms with Gasteiger partial charge >= 0.3 is 0 Å². The highest BCUT2D eigenvalue weighted by Gasteiger charge is 2.48. The zero-order valence-corrected chi connectivity index (χ0v) is 12.1. The van der Waals surface area contributed by atoms with Crippen molar-refractivity contribution in [2.75, 3.05) is 6.61 Å². The lowest BCUT2D eigenvalue weighted by molar-refractivity contribution is -0.765. The van der Waals surface area contributed by atoms with Gasteiger partial charge in [0.25, 0.3) is 20.0 Å². The molecular weight excluding hydrogens is 319 g/mol. The van der Waals surface area contributed by atoms with E-state index >= 15 is 0 Å². The Kier molecular flexibility index (Phi) is 4.93. The van der Waals surface area contributed by atoms with Gasteiger partial charge in [-0.1, -0.05) is 0 Å². The summed E-state index contributed by atoms with van der Waals surface area (Å²) in [5.41, 5.74) is 5.31. The SMILES string of the molecule is NC(=O)c1ccc[n+]([C@H]2O[C@@H](COP(=O)([O-])O)C(O)[C@H]2O)c1. The number of ether oxygens (including phenoxy) is 1. The third kappa shape index (κ3) is 3.87. The van der Waals surface area contributed by atoms with E-state index in [1.165, 1.54) is 29.1 Å². The summed E-state index contributed by atoms with van der Waals surface area (Å²) in [5.74, 6) is -0.685. The predicted molar refractivity (Wildman–Crippen MR) is 66.9 cm³/mol. The third-order valence-corrected chi connectivity index (χ3v) is 3.62. The minimum Gasteiger partial charge on any atom is -0.756 e. The van der Waals surface area contributed by atoms with Crippen molar-refractivity contribution in [2.24, 2.45) is 5.73 Å². The molecule has 1 amide bonds. The molecule has 0 radical (unpaired) electrons. The number of carbonyl (C=O) groups is 1. The molecule has 10 nitrogen and oxygen atoms in total. The lowest BCUT2D eigenvalue weighted by Crippen LogP contribution is -2.46. The maximum atomic E-state index is 11.1. The summed E-state index contributed by atoms with van der Waals surface area (Å²) in [6.45, 7) is -0.665. The Morgan fingerprint density at radius 2 is 2.18 bits per heavy atom. The number of hydrogen-bond acceptors (Lipinski definition) is 7. The molecule has 2 rings (SSSR count). The van der Waals surface area contributed by atoms with Gasteiger partial charge in [0.05, 0.1) is 6.61 Å². The lowest BCUT2D eigenvalue weighted by atomic mass is 10.1. The number of rotatable bonds is 5. The van der Waals surface area contributed by atoms with Crippen LogP contribution in [-0.2, 0) is 13.8 Å². The maximum Gasteiger partial charge on any atom is 0.292 e. The van der Waals surface area contributed by atoms with Gasteiger partial charge in [0.2, 0.25) is 0 Å². The van der Waals surface area contributed by atoms with Gasteiger partial charge in [-0.3, -0.25) is 9.36 Å². The summed E-state index contributed by atoms with van der Waals surface area (Å²) in [5, 5.41) is 19.8. The first-order valence-corrected chi connectivity index (χ1v) is 7.69. The Hall–Kier alpha value is -1.39. The van der Waals surface area contributed by atoms with Crippen LogP contribution in [0.25, 0.3) is 0 Å². The number of carbonyl (C=O) groups excluding carboxylic acids is 1. The second-order valence-electron chi connectivity index (χ2n) is 4.71. The van der Waals surface area contributed by atoms with E-state index in [0.29, 0.717) is 0 Å². The second-order valence-corrected chi connectivity index (χ2v) is 5.91. The van der Waals surface area contributed by atoms with E-state index < -0.39 is 44.9 Å². The first kappa shape index (κ1) is 17.0. The summed E-state index contributed by atoms with van der Waals surface area (Å²) in [7, 11) is -4.97. The first-order chi connectivity index (χ1) is 10.2. The number of aliphatic hydroxyl groups excluding tert-OH is 2. The quantitative estimate of drug-likeness (QED) is 0.330. The Labute approximate surface area is 124 Å². The molecule has 1 fully saturated rings. The lowest BCUT2D eigenvalue weighted by Gasteiger charge is -2.19. The molecule has 11 heteroatoms. The zero-order valence-electron chi connectivity index (χ0n) is 11.2. The topological polar surface area (TPSA) is 166 Å². The predicted octanol–water partition coefficient (Wildman–Crippen LogP) is -2.83. The van der Waals surface area contributed by atoms with Crippen LogP contribution in [0.2, 0.25) is 0 Å². The zero-order chi connectivity index (χ0) is 16.5. The molecule has 1 aromatic heterocycles. The Bertz CT molecular complexity index is 606. The minimum absolute atomic E-state index is 0.159. The molecule has 1 saturated heterocycles. The summed E-state index contributed by atoms with van der Waals surface area (Å²) in [6.07, 6.45) is -2.31. The number of nitrogens with two attached hydrogens (primary N) is 1. The van der Waals surface area contributed by atoms with E-state index in [-0.39, 0.29) is 5.56 Å². The number of primary amides is 1. The van der Waals surface area contributed by atoms with E-state index in [9.17, 15) is 24.5 Å². The van der Waals surface area contributed by atoms with Crippen LogP contribution < -0.4 is 15.2 Å². The molecule has 1 aliphatic heterocycles. The van der Waals surface area contributed by atoms with Gasteiger partial charge in [0.15, 0.2) is 18.5 Å². The van der Waals surface area contributed by atoms with Gasteiger partial charge < -0.3 is 35.0 Å². The van der Waals surface area contributed by atoms with E-state index in [4.69, 9.17) is 15.4 Å². The number of phosphoric acid groups is 1. The molecule has 0 saturated carbocycles. The molecule has 0 bridgehead atoms. The van der Waals surface area contributed by atoms with Crippen LogP contribution in [0.1, 0.15) is 16.6 Å². The fraction of sp³-hybridized carbons (Fsp3) is 0.455. The Balaban J connectivity index is 2.14. The first-order valence-electron chi connectivity index (χ1n) is 6.19. The maximum absolute atomic E-state index is 11.1. The largest absolute Gasteiger partial charge is 0.756 e. The number of nitrogens with zero attached hydrogens (tertiary/aromatic N) is 1. The molecule has 22 heavy (non-hydrogen) atoms. The van der Waals surface area contributed by atoms with Crippen LogP contribution >= 0.6 is 7.82 Å². The van der Waals surface area contributed by atoms with E-state index in [0.717, 1.165) is 0 Å². The average molecular weight is 334 g/mol. The molecule has 2 heterocycles. The molecule has 0 aromatic carbocycles. The van der Waals surface area contributed by atoms with Gasteiger partial charge in [-0.25, -0.2) is 0 Å². The fourth-order valence-electron chi connectivity index (χ4n) is 2.08. The number of phosphoric ester groups is 1. The van der Waals surface area contributed by atoms with Crippen molar-refractivity contribution < 1.29 is 43.2 Å². The normalized spacial score (nSPS) is 30.9. The number of aromatic nitrogens is 1. The van der Waals surface area contributed by atoms with Gasteiger partial charge in [0, 0.05) is 6.07 Å². The van der Waals surface area contributed by atoms with Crippen LogP contribution in [0.4, 0.5) is 0 Å². The Morgan fingerprint density at radius 3 is 2.77 bits per heavy atom. The number of aliphatic hydroxyl groups is 2. The highest BCUT2D eigenvalue weighted by molar-refractivity contribution is 7.44. The number of pyridine rings is 1. The molecule has 2 unspecified atom stereocenters. The summed E-state index contributed by atoms with van der Waals surface area (Å²) < 4.78 is 21.3. The summed E-state index contributed by atoms with van der Waals surface area (Å²) >= 11 is 0. The molecule has 5 atom stereocenters. The van der Waals surface area contributed by atoms with Crippen molar-refractivity contribution in [3.8, 4) is 0 Å². The Morgan fingerprint density at radius 1 is 1.50 bits per heavy atom. The third-order valence-electron chi connectivity index (χ3n) is 3.14. The van der Waals surface area contributed by atoms with Crippen molar-refractivity contribution in [2.45, 2.75) is 24.5 Å². The molecule has 1 aliphatic rings.